The second-order valence-electron chi connectivity index (χ2n) is 4.09. The molecule has 0 bridgehead atoms. The van der Waals surface area contributed by atoms with Gasteiger partial charge in [-0.3, -0.25) is 4.79 Å². The maximum Gasteiger partial charge on any atom is 0.258 e. The summed E-state index contributed by atoms with van der Waals surface area (Å²) in [7, 11) is 0. The van der Waals surface area contributed by atoms with Crippen molar-refractivity contribution in [3.63, 3.8) is 0 Å². The van der Waals surface area contributed by atoms with E-state index in [0.717, 1.165) is 18.4 Å². The summed E-state index contributed by atoms with van der Waals surface area (Å²) in [5.41, 5.74) is 6.36. The number of carbonyl (C=O) groups is 1. The highest BCUT2D eigenvalue weighted by Crippen LogP contribution is 2.22. The van der Waals surface area contributed by atoms with Crippen molar-refractivity contribution >= 4 is 17.5 Å². The van der Waals surface area contributed by atoms with Crippen LogP contribution in [0.25, 0.3) is 0 Å². The summed E-state index contributed by atoms with van der Waals surface area (Å²) in [6.45, 7) is 0.413. The van der Waals surface area contributed by atoms with E-state index >= 15 is 0 Å². The third kappa shape index (κ3) is 3.61. The minimum atomic E-state index is -0.0912. The van der Waals surface area contributed by atoms with Crippen LogP contribution in [-0.2, 0) is 11.3 Å². The van der Waals surface area contributed by atoms with Gasteiger partial charge in [0.25, 0.3) is 5.91 Å². The Morgan fingerprint density at radius 2 is 2.29 bits per heavy atom. The quantitative estimate of drug-likeness (QED) is 0.836. The molecular formula is C12H15ClN2O2. The molecule has 5 heteroatoms. The normalized spacial score (nSPS) is 14.5. The molecule has 1 fully saturated rings. The molecule has 0 aliphatic heterocycles. The molecule has 1 aliphatic carbocycles. The number of nitrogens with one attached hydrogen (secondary N) is 1. The summed E-state index contributed by atoms with van der Waals surface area (Å²) in [6, 6.07) is 5.60. The van der Waals surface area contributed by atoms with Crippen LogP contribution in [0.4, 0.5) is 0 Å². The molecule has 4 nitrogen and oxygen atoms in total. The molecule has 0 aromatic heterocycles. The Kier molecular flexibility index (Phi) is 3.86. The lowest BCUT2D eigenvalue weighted by molar-refractivity contribution is -0.123. The van der Waals surface area contributed by atoms with E-state index in [4.69, 9.17) is 22.1 Å². The highest BCUT2D eigenvalue weighted by atomic mass is 35.5. The van der Waals surface area contributed by atoms with Gasteiger partial charge in [0.1, 0.15) is 5.75 Å². The van der Waals surface area contributed by atoms with Crippen molar-refractivity contribution < 1.29 is 9.53 Å². The first-order valence-corrected chi connectivity index (χ1v) is 5.97. The van der Waals surface area contributed by atoms with E-state index < -0.39 is 0 Å². The van der Waals surface area contributed by atoms with Gasteiger partial charge in [-0.05, 0) is 30.5 Å². The predicted molar refractivity (Wildman–Crippen MR) is 66.0 cm³/mol. The van der Waals surface area contributed by atoms with Gasteiger partial charge in [0.2, 0.25) is 0 Å². The van der Waals surface area contributed by atoms with E-state index in [1.54, 1.807) is 18.2 Å². The van der Waals surface area contributed by atoms with Crippen LogP contribution in [-0.4, -0.2) is 18.6 Å². The second kappa shape index (κ2) is 5.38. The summed E-state index contributed by atoms with van der Waals surface area (Å²) in [5.74, 6) is 0.490. The van der Waals surface area contributed by atoms with Crippen molar-refractivity contribution in [2.75, 3.05) is 6.61 Å². The minimum absolute atomic E-state index is 0.0226. The summed E-state index contributed by atoms with van der Waals surface area (Å²) in [4.78, 5) is 11.4. The zero-order chi connectivity index (χ0) is 12.3. The summed E-state index contributed by atoms with van der Waals surface area (Å²) in [5, 5.41) is 3.41. The minimum Gasteiger partial charge on any atom is -0.484 e. The van der Waals surface area contributed by atoms with E-state index in [-0.39, 0.29) is 12.5 Å². The average Bonchev–Trinajstić information content (AvgIpc) is 3.10. The number of carbonyl (C=O) groups excluding carboxylic acids is 1. The predicted octanol–water partition coefficient (Wildman–Crippen LogP) is 1.46. The molecule has 1 amide bonds. The van der Waals surface area contributed by atoms with Crippen LogP contribution in [0.3, 0.4) is 0 Å². The third-order valence-corrected chi connectivity index (χ3v) is 2.91. The maximum atomic E-state index is 11.4. The number of ether oxygens (including phenoxy) is 1. The molecule has 17 heavy (non-hydrogen) atoms. The number of hydrogen-bond acceptors (Lipinski definition) is 3. The topological polar surface area (TPSA) is 64.3 Å². The molecule has 0 heterocycles. The van der Waals surface area contributed by atoms with Crippen molar-refractivity contribution in [2.24, 2.45) is 5.73 Å². The largest absolute Gasteiger partial charge is 0.484 e. The lowest BCUT2D eigenvalue weighted by Crippen LogP contribution is -2.30. The van der Waals surface area contributed by atoms with Crippen LogP contribution in [0.1, 0.15) is 18.4 Å². The molecule has 1 aliphatic rings. The Bertz CT molecular complexity index is 419. The Morgan fingerprint density at radius 1 is 1.53 bits per heavy atom. The van der Waals surface area contributed by atoms with Crippen LogP contribution >= 0.6 is 11.6 Å². The van der Waals surface area contributed by atoms with E-state index in [1.807, 2.05) is 0 Å². The number of nitrogens with two attached hydrogens (primary N) is 1. The molecular weight excluding hydrogens is 240 g/mol. The smallest absolute Gasteiger partial charge is 0.258 e. The fourth-order valence-corrected chi connectivity index (χ4v) is 1.68. The lowest BCUT2D eigenvalue weighted by Gasteiger charge is -2.08. The van der Waals surface area contributed by atoms with E-state index in [9.17, 15) is 4.79 Å². The summed E-state index contributed by atoms with van der Waals surface area (Å²) >= 11 is 5.98. The molecule has 1 aromatic carbocycles. The second-order valence-corrected chi connectivity index (χ2v) is 4.50. The summed E-state index contributed by atoms with van der Waals surface area (Å²) < 4.78 is 5.34. The molecule has 0 spiro atoms. The zero-order valence-corrected chi connectivity index (χ0v) is 10.2. The van der Waals surface area contributed by atoms with Crippen molar-refractivity contribution in [3.05, 3.63) is 28.8 Å². The SMILES string of the molecule is NCc1ccc(OCC(=O)NC2CC2)cc1Cl. The zero-order valence-electron chi connectivity index (χ0n) is 9.41. The van der Waals surface area contributed by atoms with Gasteiger partial charge in [-0.1, -0.05) is 17.7 Å². The van der Waals surface area contributed by atoms with Crippen molar-refractivity contribution in [3.8, 4) is 5.75 Å². The van der Waals surface area contributed by atoms with Crippen LogP contribution in [0.15, 0.2) is 18.2 Å². The van der Waals surface area contributed by atoms with E-state index in [1.165, 1.54) is 0 Å². The monoisotopic (exact) mass is 254 g/mol. The lowest BCUT2D eigenvalue weighted by atomic mass is 10.2. The van der Waals surface area contributed by atoms with Crippen molar-refractivity contribution in [2.45, 2.75) is 25.4 Å². The Labute approximate surface area is 105 Å². The fraction of sp³-hybridized carbons (Fsp3) is 0.417. The van der Waals surface area contributed by atoms with Gasteiger partial charge in [0.05, 0.1) is 0 Å². The molecule has 0 atom stereocenters. The van der Waals surface area contributed by atoms with Crippen LogP contribution in [0.2, 0.25) is 5.02 Å². The molecule has 1 aromatic rings. The van der Waals surface area contributed by atoms with Crippen LogP contribution in [0, 0.1) is 0 Å². The first-order chi connectivity index (χ1) is 8.19. The Morgan fingerprint density at radius 3 is 2.88 bits per heavy atom. The van der Waals surface area contributed by atoms with E-state index in [0.29, 0.717) is 23.4 Å². The highest BCUT2D eigenvalue weighted by Gasteiger charge is 2.23. The number of benzene rings is 1. The molecule has 2 rings (SSSR count). The van der Waals surface area contributed by atoms with Crippen molar-refractivity contribution in [1.82, 2.24) is 5.32 Å². The first-order valence-electron chi connectivity index (χ1n) is 5.59. The number of amides is 1. The average molecular weight is 255 g/mol. The van der Waals surface area contributed by atoms with Gasteiger partial charge in [0, 0.05) is 17.6 Å². The standard InChI is InChI=1S/C12H15ClN2O2/c13-11-5-10(4-1-8(11)6-14)17-7-12(16)15-9-2-3-9/h1,4-5,9H,2-3,6-7,14H2,(H,15,16). The maximum absolute atomic E-state index is 11.4. The van der Waals surface area contributed by atoms with Gasteiger partial charge in [-0.25, -0.2) is 0 Å². The van der Waals surface area contributed by atoms with Gasteiger partial charge in [0.15, 0.2) is 6.61 Å². The van der Waals surface area contributed by atoms with E-state index in [2.05, 4.69) is 5.32 Å². The molecule has 0 saturated heterocycles. The van der Waals surface area contributed by atoms with Gasteiger partial charge < -0.3 is 15.8 Å². The molecule has 3 N–H and O–H groups in total. The van der Waals surface area contributed by atoms with Gasteiger partial charge in [-0.15, -0.1) is 0 Å². The number of hydrogen-bond donors (Lipinski definition) is 2. The fourth-order valence-electron chi connectivity index (χ4n) is 1.43. The van der Waals surface area contributed by atoms with Gasteiger partial charge >= 0.3 is 0 Å². The molecule has 92 valence electrons. The Balaban J connectivity index is 1.85. The first kappa shape index (κ1) is 12.2. The Hall–Kier alpha value is -1.26. The van der Waals surface area contributed by atoms with Crippen LogP contribution < -0.4 is 15.8 Å². The highest BCUT2D eigenvalue weighted by molar-refractivity contribution is 6.31. The number of halogens is 1. The molecule has 0 radical (unpaired) electrons. The van der Waals surface area contributed by atoms with Crippen molar-refractivity contribution in [1.29, 1.82) is 0 Å². The third-order valence-electron chi connectivity index (χ3n) is 2.56. The summed E-state index contributed by atoms with van der Waals surface area (Å²) in [6.07, 6.45) is 2.14. The molecule has 1 saturated carbocycles. The van der Waals surface area contributed by atoms with Gasteiger partial charge in [-0.2, -0.15) is 0 Å². The number of rotatable bonds is 5. The van der Waals surface area contributed by atoms with Crippen LogP contribution in [0.5, 0.6) is 5.75 Å². The molecule has 0 unspecified atom stereocenters.